The van der Waals surface area contributed by atoms with E-state index in [0.29, 0.717) is 12.4 Å². The van der Waals surface area contributed by atoms with Gasteiger partial charge in [0.15, 0.2) is 0 Å². The number of hydrogen-bond donors (Lipinski definition) is 1. The molecule has 0 radical (unpaired) electrons. The molecule has 5 heteroatoms. The number of ether oxygens (including phenoxy) is 2. The smallest absolute Gasteiger partial charge is 0.256 e. The number of methoxy groups -OCH3 is 2. The van der Waals surface area contributed by atoms with E-state index in [4.69, 9.17) is 9.47 Å². The minimum atomic E-state index is 0.590. The molecular formula is C13H17N3O2. The Balaban J connectivity index is 2.11. The molecule has 0 unspecified atom stereocenters. The van der Waals surface area contributed by atoms with Crippen LogP contribution in [0, 0.1) is 0 Å². The molecule has 96 valence electrons. The minimum absolute atomic E-state index is 0.590. The van der Waals surface area contributed by atoms with E-state index in [-0.39, 0.29) is 0 Å². The molecule has 0 atom stereocenters. The van der Waals surface area contributed by atoms with Gasteiger partial charge in [0.05, 0.1) is 20.4 Å². The van der Waals surface area contributed by atoms with Gasteiger partial charge >= 0.3 is 0 Å². The van der Waals surface area contributed by atoms with Gasteiger partial charge in [-0.15, -0.1) is 5.10 Å². The fourth-order valence-corrected chi connectivity index (χ4v) is 1.78. The van der Waals surface area contributed by atoms with Gasteiger partial charge in [0, 0.05) is 19.2 Å². The van der Waals surface area contributed by atoms with Crippen LogP contribution in [0.1, 0.15) is 5.56 Å². The Morgan fingerprint density at radius 2 is 2.00 bits per heavy atom. The van der Waals surface area contributed by atoms with Gasteiger partial charge in [-0.05, 0) is 6.07 Å². The Bertz CT molecular complexity index is 523. The van der Waals surface area contributed by atoms with Crippen LogP contribution in [0.15, 0.2) is 30.5 Å². The van der Waals surface area contributed by atoms with Crippen molar-refractivity contribution in [1.29, 1.82) is 0 Å². The molecule has 1 aromatic heterocycles. The van der Waals surface area contributed by atoms with Crippen molar-refractivity contribution in [2.45, 2.75) is 6.54 Å². The fraction of sp³-hybridized carbons (Fsp3) is 0.308. The average Bonchev–Trinajstić information content (AvgIpc) is 2.77. The molecule has 18 heavy (non-hydrogen) atoms. The molecule has 1 N–H and O–H groups in total. The first-order valence-corrected chi connectivity index (χ1v) is 5.68. The number of hydrogen-bond acceptors (Lipinski definition) is 4. The maximum Gasteiger partial charge on any atom is 0.256 e. The summed E-state index contributed by atoms with van der Waals surface area (Å²) in [6.45, 7) is 0.659. The van der Waals surface area contributed by atoms with Crippen molar-refractivity contribution in [2.24, 2.45) is 7.05 Å². The highest BCUT2D eigenvalue weighted by Gasteiger charge is 2.08. The Morgan fingerprint density at radius 1 is 1.22 bits per heavy atom. The lowest BCUT2D eigenvalue weighted by atomic mass is 10.2. The second-order valence-electron chi connectivity index (χ2n) is 3.89. The third-order valence-corrected chi connectivity index (χ3v) is 2.65. The highest BCUT2D eigenvalue weighted by molar-refractivity contribution is 5.52. The fourth-order valence-electron chi connectivity index (χ4n) is 1.78. The summed E-state index contributed by atoms with van der Waals surface area (Å²) in [5.74, 6) is 1.46. The van der Waals surface area contributed by atoms with Gasteiger partial charge in [-0.25, -0.2) is 0 Å². The quantitative estimate of drug-likeness (QED) is 0.878. The highest BCUT2D eigenvalue weighted by Crippen LogP contribution is 2.24. The van der Waals surface area contributed by atoms with E-state index in [1.54, 1.807) is 18.9 Å². The van der Waals surface area contributed by atoms with Crippen LogP contribution < -0.4 is 14.8 Å². The maximum absolute atomic E-state index is 5.30. The average molecular weight is 247 g/mol. The largest absolute Gasteiger partial charge is 0.496 e. The van der Waals surface area contributed by atoms with Crippen molar-refractivity contribution in [1.82, 2.24) is 9.78 Å². The van der Waals surface area contributed by atoms with Crippen LogP contribution in [0.4, 0.5) is 5.69 Å². The zero-order valence-electron chi connectivity index (χ0n) is 10.8. The summed E-state index contributed by atoms with van der Waals surface area (Å²) in [6.07, 6.45) is 1.88. The van der Waals surface area contributed by atoms with E-state index in [9.17, 15) is 0 Å². The Hall–Kier alpha value is -2.17. The molecule has 1 aromatic carbocycles. The van der Waals surface area contributed by atoms with Crippen LogP contribution in [-0.4, -0.2) is 24.0 Å². The third kappa shape index (κ3) is 2.56. The summed E-state index contributed by atoms with van der Waals surface area (Å²) in [6, 6.07) is 7.90. The molecule has 2 aromatic rings. The molecule has 0 saturated heterocycles. The van der Waals surface area contributed by atoms with Crippen LogP contribution in [0.3, 0.4) is 0 Å². The van der Waals surface area contributed by atoms with Crippen LogP contribution in [0.25, 0.3) is 0 Å². The molecule has 0 aliphatic carbocycles. The van der Waals surface area contributed by atoms with Crippen molar-refractivity contribution in [3.05, 3.63) is 36.0 Å². The number of anilines is 1. The molecule has 0 aliphatic heterocycles. The molecule has 0 aliphatic rings. The normalized spacial score (nSPS) is 10.2. The number of benzene rings is 1. The summed E-state index contributed by atoms with van der Waals surface area (Å²) in [4.78, 5) is 0. The number of rotatable bonds is 5. The number of nitrogens with zero attached hydrogens (tertiary/aromatic N) is 2. The lowest BCUT2D eigenvalue weighted by Crippen LogP contribution is -2.02. The summed E-state index contributed by atoms with van der Waals surface area (Å²) in [7, 11) is 5.14. The lowest BCUT2D eigenvalue weighted by molar-refractivity contribution is 0.393. The van der Waals surface area contributed by atoms with Crippen LogP contribution in [-0.2, 0) is 13.6 Å². The Morgan fingerprint density at radius 3 is 2.72 bits per heavy atom. The highest BCUT2D eigenvalue weighted by atomic mass is 16.5. The minimum Gasteiger partial charge on any atom is -0.496 e. The van der Waals surface area contributed by atoms with E-state index < -0.39 is 0 Å². The lowest BCUT2D eigenvalue weighted by Gasteiger charge is -2.09. The molecule has 5 nitrogen and oxygen atoms in total. The maximum atomic E-state index is 5.30. The zero-order chi connectivity index (χ0) is 13.0. The predicted octanol–water partition coefficient (Wildman–Crippen LogP) is 2.05. The van der Waals surface area contributed by atoms with Gasteiger partial charge in [-0.3, -0.25) is 4.68 Å². The first-order valence-electron chi connectivity index (χ1n) is 5.68. The van der Waals surface area contributed by atoms with Crippen molar-refractivity contribution in [3.8, 4) is 11.6 Å². The molecule has 0 amide bonds. The molecule has 1 heterocycles. The molecular weight excluding hydrogens is 230 g/mol. The van der Waals surface area contributed by atoms with Gasteiger partial charge in [-0.2, -0.15) is 0 Å². The van der Waals surface area contributed by atoms with Crippen LogP contribution in [0.5, 0.6) is 11.6 Å². The summed E-state index contributed by atoms with van der Waals surface area (Å²) in [5, 5.41) is 7.47. The van der Waals surface area contributed by atoms with E-state index in [1.165, 1.54) is 0 Å². The van der Waals surface area contributed by atoms with Crippen molar-refractivity contribution in [3.63, 3.8) is 0 Å². The molecule has 0 bridgehead atoms. The number of nitrogens with one attached hydrogen (secondary N) is 1. The zero-order valence-corrected chi connectivity index (χ0v) is 10.8. The van der Waals surface area contributed by atoms with Gasteiger partial charge in [-0.1, -0.05) is 18.2 Å². The molecule has 0 spiro atoms. The standard InChI is InChI=1S/C13H17N3O2/c1-16-9-11(13(15-16)18-3)14-8-10-6-4-5-7-12(10)17-2/h4-7,9,14H,8H2,1-3H3. The number of aryl methyl sites for hydroxylation is 1. The topological polar surface area (TPSA) is 48.3 Å². The summed E-state index contributed by atoms with van der Waals surface area (Å²) >= 11 is 0. The Kier molecular flexibility index (Phi) is 3.72. The number of aromatic nitrogens is 2. The van der Waals surface area contributed by atoms with Crippen LogP contribution in [0.2, 0.25) is 0 Å². The van der Waals surface area contributed by atoms with Crippen LogP contribution >= 0.6 is 0 Å². The van der Waals surface area contributed by atoms with Gasteiger partial charge in [0.2, 0.25) is 0 Å². The molecule has 0 saturated carbocycles. The second-order valence-corrected chi connectivity index (χ2v) is 3.89. The van der Waals surface area contributed by atoms with E-state index in [0.717, 1.165) is 17.0 Å². The van der Waals surface area contributed by atoms with E-state index >= 15 is 0 Å². The van der Waals surface area contributed by atoms with Gasteiger partial charge < -0.3 is 14.8 Å². The van der Waals surface area contributed by atoms with Gasteiger partial charge in [0.1, 0.15) is 11.4 Å². The van der Waals surface area contributed by atoms with E-state index in [2.05, 4.69) is 10.4 Å². The van der Waals surface area contributed by atoms with Crippen molar-refractivity contribution in [2.75, 3.05) is 19.5 Å². The summed E-state index contributed by atoms with van der Waals surface area (Å²) in [5.41, 5.74) is 1.96. The summed E-state index contributed by atoms with van der Waals surface area (Å²) < 4.78 is 12.2. The van der Waals surface area contributed by atoms with Crippen molar-refractivity contribution < 1.29 is 9.47 Å². The Labute approximate surface area is 106 Å². The molecule has 0 fully saturated rings. The van der Waals surface area contributed by atoms with E-state index in [1.807, 2.05) is 37.5 Å². The van der Waals surface area contributed by atoms with Gasteiger partial charge in [0.25, 0.3) is 5.88 Å². The predicted molar refractivity (Wildman–Crippen MR) is 70.1 cm³/mol. The first-order chi connectivity index (χ1) is 8.74. The number of para-hydroxylation sites is 1. The third-order valence-electron chi connectivity index (χ3n) is 2.65. The monoisotopic (exact) mass is 247 g/mol. The van der Waals surface area contributed by atoms with Crippen molar-refractivity contribution >= 4 is 5.69 Å². The first kappa shape index (κ1) is 12.3. The second kappa shape index (κ2) is 5.44. The molecule has 2 rings (SSSR count). The SMILES string of the molecule is COc1ccccc1CNc1cn(C)nc1OC.